The molecule has 0 aliphatic carbocycles. The van der Waals surface area contributed by atoms with Crippen LogP contribution in [0.1, 0.15) is 5.56 Å². The quantitative estimate of drug-likeness (QED) is 0.398. The Kier molecular flexibility index (Phi) is 7.25. The Morgan fingerprint density at radius 2 is 1.81 bits per heavy atom. The highest BCUT2D eigenvalue weighted by Crippen LogP contribution is 2.15. The second kappa shape index (κ2) is 8.58. The summed E-state index contributed by atoms with van der Waals surface area (Å²) in [6.45, 7) is 2.07. The fourth-order valence-corrected chi connectivity index (χ4v) is 1.55. The molecule has 1 aromatic carbocycles. The van der Waals surface area contributed by atoms with Crippen LogP contribution in [-0.2, 0) is 20.8 Å². The lowest BCUT2D eigenvalue weighted by atomic mass is 10.2. The van der Waals surface area contributed by atoms with Gasteiger partial charge in [-0.25, -0.2) is 0 Å². The summed E-state index contributed by atoms with van der Waals surface area (Å²) in [5.41, 5.74) is 1.16. The summed E-state index contributed by atoms with van der Waals surface area (Å²) < 4.78 is 15.4. The molecule has 0 bridgehead atoms. The van der Waals surface area contributed by atoms with Crippen molar-refractivity contribution in [3.8, 4) is 0 Å². The van der Waals surface area contributed by atoms with E-state index in [0.717, 1.165) is 5.56 Å². The summed E-state index contributed by atoms with van der Waals surface area (Å²) in [5, 5.41) is 0. The minimum Gasteiger partial charge on any atom is -0.382 e. The third-order valence-corrected chi connectivity index (χ3v) is 2.77. The molecule has 0 aromatic heterocycles. The first kappa shape index (κ1) is 13.5. The Morgan fingerprint density at radius 3 is 2.44 bits per heavy atom. The van der Waals surface area contributed by atoms with E-state index < -0.39 is 0 Å². The normalized spacial score (nSPS) is 10.6. The van der Waals surface area contributed by atoms with E-state index in [1.807, 2.05) is 0 Å². The molecule has 0 saturated heterocycles. The molecule has 3 nitrogen and oxygen atoms in total. The predicted molar refractivity (Wildman–Crippen MR) is 65.7 cm³/mol. The zero-order chi connectivity index (χ0) is 11.6. The Labute approximate surface area is 101 Å². The van der Waals surface area contributed by atoms with E-state index in [4.69, 9.17) is 14.2 Å². The van der Waals surface area contributed by atoms with Crippen molar-refractivity contribution in [1.82, 2.24) is 0 Å². The van der Waals surface area contributed by atoms with E-state index >= 15 is 0 Å². The molecule has 1 rings (SSSR count). The van der Waals surface area contributed by atoms with Crippen molar-refractivity contribution < 1.29 is 14.2 Å². The van der Waals surface area contributed by atoms with E-state index in [9.17, 15) is 0 Å². The molecule has 16 heavy (non-hydrogen) atoms. The van der Waals surface area contributed by atoms with Gasteiger partial charge in [0.1, 0.15) is 6.79 Å². The van der Waals surface area contributed by atoms with Crippen LogP contribution in [0.2, 0.25) is 0 Å². The van der Waals surface area contributed by atoms with Crippen molar-refractivity contribution >= 4 is 11.8 Å². The highest BCUT2D eigenvalue weighted by atomic mass is 32.2. The third kappa shape index (κ3) is 5.51. The fourth-order valence-electron chi connectivity index (χ4n) is 1.14. The molecule has 0 N–H and O–H groups in total. The molecule has 0 unspecified atom stereocenters. The number of benzene rings is 1. The van der Waals surface area contributed by atoms with Crippen molar-refractivity contribution in [2.24, 2.45) is 0 Å². The molecular weight excluding hydrogens is 224 g/mol. The SMILES string of the molecule is COCCOCOCc1ccc(SC)cc1. The van der Waals surface area contributed by atoms with E-state index in [1.54, 1.807) is 18.9 Å². The molecule has 4 heteroatoms. The van der Waals surface area contributed by atoms with Crippen LogP contribution in [0.15, 0.2) is 29.2 Å². The van der Waals surface area contributed by atoms with Gasteiger partial charge in [-0.15, -0.1) is 11.8 Å². The first-order chi connectivity index (χ1) is 7.86. The maximum atomic E-state index is 5.36. The number of ether oxygens (including phenoxy) is 3. The van der Waals surface area contributed by atoms with Gasteiger partial charge in [0.15, 0.2) is 0 Å². The summed E-state index contributed by atoms with van der Waals surface area (Å²) in [6, 6.07) is 8.33. The average Bonchev–Trinajstić information content (AvgIpc) is 2.34. The van der Waals surface area contributed by atoms with Crippen LogP contribution < -0.4 is 0 Å². The lowest BCUT2D eigenvalue weighted by Gasteiger charge is -2.06. The Morgan fingerprint density at radius 1 is 1.06 bits per heavy atom. The van der Waals surface area contributed by atoms with E-state index in [1.165, 1.54) is 4.90 Å². The van der Waals surface area contributed by atoms with Crippen molar-refractivity contribution in [2.75, 3.05) is 33.4 Å². The first-order valence-electron chi connectivity index (χ1n) is 5.14. The largest absolute Gasteiger partial charge is 0.382 e. The molecule has 0 radical (unpaired) electrons. The number of thioether (sulfide) groups is 1. The number of methoxy groups -OCH3 is 1. The highest BCUT2D eigenvalue weighted by Gasteiger charge is 1.94. The molecule has 0 amide bonds. The average molecular weight is 242 g/mol. The van der Waals surface area contributed by atoms with Gasteiger partial charge in [-0.3, -0.25) is 0 Å². The fraction of sp³-hybridized carbons (Fsp3) is 0.500. The zero-order valence-corrected chi connectivity index (χ0v) is 10.6. The van der Waals surface area contributed by atoms with Crippen molar-refractivity contribution in [2.45, 2.75) is 11.5 Å². The molecular formula is C12H18O3S. The number of hydrogen-bond acceptors (Lipinski definition) is 4. The van der Waals surface area contributed by atoms with E-state index in [0.29, 0.717) is 26.6 Å². The second-order valence-electron chi connectivity index (χ2n) is 3.22. The zero-order valence-electron chi connectivity index (χ0n) is 9.77. The summed E-state index contributed by atoms with van der Waals surface area (Å²) in [7, 11) is 1.65. The lowest BCUT2D eigenvalue weighted by molar-refractivity contribution is -0.0724. The predicted octanol–water partition coefficient (Wildman–Crippen LogP) is 2.55. The van der Waals surface area contributed by atoms with Crippen molar-refractivity contribution in [1.29, 1.82) is 0 Å². The van der Waals surface area contributed by atoms with Crippen LogP contribution >= 0.6 is 11.8 Å². The van der Waals surface area contributed by atoms with Crippen LogP contribution in [0.4, 0.5) is 0 Å². The maximum absolute atomic E-state index is 5.36. The molecule has 0 aliphatic heterocycles. The molecule has 0 fully saturated rings. The highest BCUT2D eigenvalue weighted by molar-refractivity contribution is 7.98. The molecule has 0 aliphatic rings. The monoisotopic (exact) mass is 242 g/mol. The second-order valence-corrected chi connectivity index (χ2v) is 4.10. The van der Waals surface area contributed by atoms with Crippen molar-refractivity contribution in [3.05, 3.63) is 29.8 Å². The Balaban J connectivity index is 2.12. The maximum Gasteiger partial charge on any atom is 0.147 e. The van der Waals surface area contributed by atoms with Gasteiger partial charge in [0.2, 0.25) is 0 Å². The standard InChI is InChI=1S/C12H18O3S/c1-13-7-8-14-10-15-9-11-3-5-12(16-2)6-4-11/h3-6H,7-10H2,1-2H3. The number of hydrogen-bond donors (Lipinski definition) is 0. The number of rotatable bonds is 8. The minimum absolute atomic E-state index is 0.313. The molecule has 0 atom stereocenters. The van der Waals surface area contributed by atoms with Crippen LogP contribution in [0.25, 0.3) is 0 Å². The Hall–Kier alpha value is -0.550. The minimum atomic E-state index is 0.313. The summed E-state index contributed by atoms with van der Waals surface area (Å²) in [5.74, 6) is 0. The molecule has 0 heterocycles. The molecule has 90 valence electrons. The van der Waals surface area contributed by atoms with Crippen LogP contribution in [0.5, 0.6) is 0 Å². The van der Waals surface area contributed by atoms with Gasteiger partial charge in [0.25, 0.3) is 0 Å². The van der Waals surface area contributed by atoms with Gasteiger partial charge >= 0.3 is 0 Å². The molecule has 1 aromatic rings. The van der Waals surface area contributed by atoms with Gasteiger partial charge in [0, 0.05) is 12.0 Å². The van der Waals surface area contributed by atoms with E-state index in [2.05, 4.69) is 30.5 Å². The summed E-state index contributed by atoms with van der Waals surface area (Å²) in [4.78, 5) is 1.26. The third-order valence-electron chi connectivity index (χ3n) is 2.03. The van der Waals surface area contributed by atoms with Gasteiger partial charge in [0.05, 0.1) is 19.8 Å². The molecule has 0 spiro atoms. The smallest absolute Gasteiger partial charge is 0.147 e. The van der Waals surface area contributed by atoms with Crippen LogP contribution in [0.3, 0.4) is 0 Å². The van der Waals surface area contributed by atoms with Gasteiger partial charge < -0.3 is 14.2 Å². The Bertz CT molecular complexity index is 274. The lowest BCUT2D eigenvalue weighted by Crippen LogP contribution is -2.05. The summed E-state index contributed by atoms with van der Waals surface area (Å²) in [6.07, 6.45) is 2.06. The first-order valence-corrected chi connectivity index (χ1v) is 6.36. The van der Waals surface area contributed by atoms with Crippen LogP contribution in [-0.4, -0.2) is 33.4 Å². The topological polar surface area (TPSA) is 27.7 Å². The van der Waals surface area contributed by atoms with Crippen molar-refractivity contribution in [3.63, 3.8) is 0 Å². The summed E-state index contributed by atoms with van der Waals surface area (Å²) >= 11 is 1.74. The van der Waals surface area contributed by atoms with Gasteiger partial charge in [-0.1, -0.05) is 12.1 Å². The van der Waals surface area contributed by atoms with E-state index in [-0.39, 0.29) is 0 Å². The molecule has 0 saturated carbocycles. The van der Waals surface area contributed by atoms with Gasteiger partial charge in [-0.05, 0) is 24.0 Å². The van der Waals surface area contributed by atoms with Gasteiger partial charge in [-0.2, -0.15) is 0 Å². The van der Waals surface area contributed by atoms with Crippen LogP contribution in [0, 0.1) is 0 Å².